The Morgan fingerprint density at radius 2 is 1.43 bits per heavy atom. The zero-order valence-corrected chi connectivity index (χ0v) is 27.2. The molecular formula is C35H47F2N3O5S. The molecule has 46 heavy (non-hydrogen) atoms. The lowest BCUT2D eigenvalue weighted by atomic mass is 9.76. The highest BCUT2D eigenvalue weighted by Crippen LogP contribution is 2.47. The lowest BCUT2D eigenvalue weighted by molar-refractivity contribution is -0.186. The van der Waals surface area contributed by atoms with Crippen molar-refractivity contribution >= 4 is 15.9 Å². The van der Waals surface area contributed by atoms with E-state index in [-0.39, 0.29) is 34.7 Å². The van der Waals surface area contributed by atoms with Crippen LogP contribution in [0.15, 0.2) is 59.5 Å². The first-order valence-electron chi connectivity index (χ1n) is 17.1. The summed E-state index contributed by atoms with van der Waals surface area (Å²) in [5.74, 6) is -6.23. The van der Waals surface area contributed by atoms with Gasteiger partial charge in [-0.3, -0.25) is 9.63 Å². The predicted octanol–water partition coefficient (Wildman–Crippen LogP) is 6.45. The van der Waals surface area contributed by atoms with Crippen molar-refractivity contribution in [3.63, 3.8) is 0 Å². The zero-order chi connectivity index (χ0) is 32.3. The van der Waals surface area contributed by atoms with Gasteiger partial charge in [0.05, 0.1) is 11.0 Å². The van der Waals surface area contributed by atoms with Crippen LogP contribution in [0, 0.1) is 11.8 Å². The van der Waals surface area contributed by atoms with Crippen LogP contribution in [0.5, 0.6) is 5.75 Å². The van der Waals surface area contributed by atoms with Gasteiger partial charge in [-0.1, -0.05) is 48.8 Å². The molecular weight excluding hydrogens is 612 g/mol. The number of hydrogen-bond acceptors (Lipinski definition) is 6. The molecule has 11 heteroatoms. The largest absolute Gasteiger partial charge is 0.490 e. The molecule has 0 aromatic heterocycles. The third kappa shape index (κ3) is 7.27. The molecule has 252 valence electrons. The monoisotopic (exact) mass is 659 g/mol. The lowest BCUT2D eigenvalue weighted by Crippen LogP contribution is -2.58. The second-order valence-corrected chi connectivity index (χ2v) is 15.4. The van der Waals surface area contributed by atoms with Crippen LogP contribution in [0.2, 0.25) is 0 Å². The summed E-state index contributed by atoms with van der Waals surface area (Å²) in [5.41, 5.74) is 5.96. The van der Waals surface area contributed by atoms with E-state index in [1.807, 2.05) is 0 Å². The summed E-state index contributed by atoms with van der Waals surface area (Å²) in [6, 6.07) is 12.9. The highest BCUT2D eigenvalue weighted by molar-refractivity contribution is 7.89. The van der Waals surface area contributed by atoms with Gasteiger partial charge in [0.2, 0.25) is 5.91 Å². The molecule has 2 saturated carbocycles. The fourth-order valence-corrected chi connectivity index (χ4v) is 9.07. The van der Waals surface area contributed by atoms with Crippen molar-refractivity contribution in [2.45, 2.75) is 131 Å². The summed E-state index contributed by atoms with van der Waals surface area (Å²) in [7, 11) is -4.20. The van der Waals surface area contributed by atoms with Gasteiger partial charge in [-0.25, -0.2) is 17.2 Å². The van der Waals surface area contributed by atoms with Crippen molar-refractivity contribution < 1.29 is 31.6 Å². The van der Waals surface area contributed by atoms with Gasteiger partial charge in [0.25, 0.3) is 15.9 Å². The van der Waals surface area contributed by atoms with E-state index in [0.717, 1.165) is 44.9 Å². The molecule has 1 unspecified atom stereocenters. The fourth-order valence-electron chi connectivity index (χ4n) is 8.22. The van der Waals surface area contributed by atoms with E-state index in [4.69, 9.17) is 15.3 Å². The maximum Gasteiger partial charge on any atom is 0.287 e. The van der Waals surface area contributed by atoms with Crippen LogP contribution in [0.1, 0.15) is 95.5 Å². The number of fused-ring (bicyclic) bond motifs is 2. The number of nitrogens with two attached hydrogens (primary N) is 1. The summed E-state index contributed by atoms with van der Waals surface area (Å²) in [5, 5.41) is 0. The standard InChI is InChI=1S/C35H47F2N3O5S/c36-35(37,25-16-20-30(21-17-25)44-29-12-6-2-7-13-29)32(34(41)40-27-18-19-28(40)23-26(38)22-27)33(24-10-4-1-5-11-24)45-39-46(42,43)31-14-8-3-9-15-31/h3,8-9,14-17,20-21,24,26-29,32-33,39H,1-2,4-7,10-13,18-19,22-23,38H2/t27-,28-,32-,33?/m1/s1. The number of nitrogens with zero attached hydrogens (tertiary/aromatic N) is 1. The van der Waals surface area contributed by atoms with Gasteiger partial charge >= 0.3 is 0 Å². The summed E-state index contributed by atoms with van der Waals surface area (Å²) >= 11 is 0. The van der Waals surface area contributed by atoms with Crippen LogP contribution in [0.3, 0.4) is 0 Å². The molecule has 4 fully saturated rings. The Balaban J connectivity index is 1.34. The molecule has 3 N–H and O–H groups in total. The molecule has 0 spiro atoms. The first-order valence-corrected chi connectivity index (χ1v) is 18.6. The molecule has 4 aliphatic rings. The number of amides is 1. The molecule has 8 nitrogen and oxygen atoms in total. The topological polar surface area (TPSA) is 111 Å². The smallest absolute Gasteiger partial charge is 0.287 e. The van der Waals surface area contributed by atoms with E-state index in [1.54, 1.807) is 35.2 Å². The number of benzene rings is 2. The maximum absolute atomic E-state index is 17.1. The molecule has 2 aliphatic carbocycles. The van der Waals surface area contributed by atoms with Crippen LogP contribution in [0.4, 0.5) is 8.78 Å². The quantitative estimate of drug-likeness (QED) is 0.269. The normalized spacial score (nSPS) is 26.1. The second kappa shape index (κ2) is 14.3. The average Bonchev–Trinajstić information content (AvgIpc) is 3.34. The van der Waals surface area contributed by atoms with Crippen molar-refractivity contribution in [3.05, 3.63) is 60.2 Å². The second-order valence-electron chi connectivity index (χ2n) is 13.7. The van der Waals surface area contributed by atoms with E-state index in [0.29, 0.717) is 44.3 Å². The zero-order valence-electron chi connectivity index (χ0n) is 26.4. The highest BCUT2D eigenvalue weighted by Gasteiger charge is 2.57. The summed E-state index contributed by atoms with van der Waals surface area (Å²) in [4.78, 5) is 24.3. The number of rotatable bonds is 11. The number of piperidine rings is 1. The minimum atomic E-state index is -4.20. The number of halogens is 2. The third-order valence-corrected chi connectivity index (χ3v) is 11.8. The number of sulfonamides is 1. The maximum atomic E-state index is 17.1. The molecule has 4 atom stereocenters. The number of nitrogens with one attached hydrogen (secondary N) is 1. The van der Waals surface area contributed by atoms with Gasteiger partial charge in [-0.05, 0) is 107 Å². The predicted molar refractivity (Wildman–Crippen MR) is 170 cm³/mol. The summed E-state index contributed by atoms with van der Waals surface area (Å²) in [6.45, 7) is 0. The van der Waals surface area contributed by atoms with Crippen LogP contribution < -0.4 is 15.4 Å². The highest BCUT2D eigenvalue weighted by atomic mass is 32.2. The SMILES string of the molecule is NC1C[C@H]2CC[C@H](C1)N2C(=O)[C@@H](C(ONS(=O)(=O)c1ccccc1)C1CCCCC1)C(F)(F)c1ccc(OC2CCCCC2)cc1. The minimum Gasteiger partial charge on any atom is -0.490 e. The van der Waals surface area contributed by atoms with Gasteiger partial charge in [0.15, 0.2) is 0 Å². The summed E-state index contributed by atoms with van der Waals surface area (Å²) in [6.07, 6.45) is 10.1. The van der Waals surface area contributed by atoms with E-state index >= 15 is 8.78 Å². The Morgan fingerprint density at radius 3 is 2.04 bits per heavy atom. The van der Waals surface area contributed by atoms with Gasteiger partial charge in [-0.2, -0.15) is 0 Å². The molecule has 2 heterocycles. The van der Waals surface area contributed by atoms with Gasteiger partial charge in [0.1, 0.15) is 17.8 Å². The molecule has 6 rings (SSSR count). The van der Waals surface area contributed by atoms with Crippen LogP contribution >= 0.6 is 0 Å². The fraction of sp³-hybridized carbons (Fsp3) is 0.629. The third-order valence-electron chi connectivity index (χ3n) is 10.6. The van der Waals surface area contributed by atoms with Crippen molar-refractivity contribution in [3.8, 4) is 5.75 Å². The van der Waals surface area contributed by atoms with E-state index in [1.165, 1.54) is 30.7 Å². The molecule has 1 amide bonds. The van der Waals surface area contributed by atoms with Gasteiger partial charge in [-0.15, -0.1) is 0 Å². The van der Waals surface area contributed by atoms with Gasteiger partial charge in [0, 0.05) is 23.7 Å². The molecule has 0 radical (unpaired) electrons. The van der Waals surface area contributed by atoms with E-state index < -0.39 is 39.8 Å². The first kappa shape index (κ1) is 33.3. The molecule has 2 aromatic rings. The number of carbonyl (C=O) groups is 1. The number of carbonyl (C=O) groups excluding carboxylic acids is 1. The Morgan fingerprint density at radius 1 is 0.848 bits per heavy atom. The molecule has 2 bridgehead atoms. The average molecular weight is 660 g/mol. The van der Waals surface area contributed by atoms with E-state index in [2.05, 4.69) is 4.89 Å². The Hall–Kier alpha value is -2.60. The molecule has 2 aliphatic heterocycles. The minimum absolute atomic E-state index is 0.0522. The number of hydrogen-bond donors (Lipinski definition) is 2. The van der Waals surface area contributed by atoms with Crippen molar-refractivity contribution in [2.24, 2.45) is 17.6 Å². The lowest BCUT2D eigenvalue weighted by Gasteiger charge is -2.44. The Labute approximate surface area is 271 Å². The number of ether oxygens (including phenoxy) is 1. The molecule has 2 aromatic carbocycles. The summed E-state index contributed by atoms with van der Waals surface area (Å²) < 4.78 is 66.9. The van der Waals surface area contributed by atoms with Crippen LogP contribution in [-0.2, 0) is 25.6 Å². The van der Waals surface area contributed by atoms with Gasteiger partial charge < -0.3 is 15.4 Å². The Bertz CT molecular complexity index is 1400. The number of alkyl halides is 2. The van der Waals surface area contributed by atoms with Crippen LogP contribution in [-0.4, -0.2) is 49.6 Å². The molecule has 2 saturated heterocycles. The first-order chi connectivity index (χ1) is 22.1. The van der Waals surface area contributed by atoms with Crippen LogP contribution in [0.25, 0.3) is 0 Å². The van der Waals surface area contributed by atoms with E-state index in [9.17, 15) is 13.2 Å². The van der Waals surface area contributed by atoms with Crippen molar-refractivity contribution in [2.75, 3.05) is 0 Å². The van der Waals surface area contributed by atoms with Crippen molar-refractivity contribution in [1.29, 1.82) is 0 Å². The Kier molecular flexibility index (Phi) is 10.3. The van der Waals surface area contributed by atoms with Crippen molar-refractivity contribution in [1.82, 2.24) is 9.79 Å².